The number of aryl methyl sites for hydroxylation is 2. The van der Waals surface area contributed by atoms with Crippen LogP contribution in [0.2, 0.25) is 0 Å². The molecule has 0 aromatic heterocycles. The van der Waals surface area contributed by atoms with Crippen LogP contribution < -0.4 is 11.1 Å². The summed E-state index contributed by atoms with van der Waals surface area (Å²) in [5.74, 6) is -3.69. The van der Waals surface area contributed by atoms with Gasteiger partial charge in [-0.05, 0) is 63.2 Å². The van der Waals surface area contributed by atoms with Crippen molar-refractivity contribution in [3.8, 4) is 0 Å². The van der Waals surface area contributed by atoms with E-state index in [1.807, 2.05) is 13.8 Å². The minimum Gasteiger partial charge on any atom is -0.352 e. The molecule has 0 aliphatic rings. The van der Waals surface area contributed by atoms with Gasteiger partial charge in [-0.2, -0.15) is 0 Å². The van der Waals surface area contributed by atoms with Gasteiger partial charge < -0.3 is 11.1 Å². The van der Waals surface area contributed by atoms with Crippen molar-refractivity contribution in [2.24, 2.45) is 11.7 Å². The van der Waals surface area contributed by atoms with Gasteiger partial charge in [-0.15, -0.1) is 0 Å². The van der Waals surface area contributed by atoms with Crippen LogP contribution in [-0.2, 0) is 19.7 Å². The van der Waals surface area contributed by atoms with E-state index in [0.717, 1.165) is 11.1 Å². The molecule has 202 valence electrons. The number of amides is 1. The van der Waals surface area contributed by atoms with Gasteiger partial charge in [-0.25, -0.2) is 16.8 Å². The largest absolute Gasteiger partial charge is 0.352 e. The topological polar surface area (TPSA) is 140 Å². The number of ketones is 1. The average molecular weight is 557 g/mol. The molecule has 3 N–H and O–H groups in total. The Labute approximate surface area is 224 Å². The summed E-state index contributed by atoms with van der Waals surface area (Å²) in [4.78, 5) is 25.8. The molecule has 1 amide bonds. The molecule has 0 spiro atoms. The van der Waals surface area contributed by atoms with Crippen molar-refractivity contribution in [3.63, 3.8) is 0 Å². The number of hydrogen-bond acceptors (Lipinski definition) is 7. The van der Waals surface area contributed by atoms with E-state index < -0.39 is 42.9 Å². The maximum absolute atomic E-state index is 13.5. The quantitative estimate of drug-likeness (QED) is 0.258. The minimum atomic E-state index is -3.98. The van der Waals surface area contributed by atoms with Crippen molar-refractivity contribution in [1.82, 2.24) is 5.32 Å². The van der Waals surface area contributed by atoms with Crippen molar-refractivity contribution in [3.05, 3.63) is 95.1 Å². The molecular formula is C28H32N2O6S2. The maximum Gasteiger partial charge on any atom is 0.251 e. The van der Waals surface area contributed by atoms with Crippen LogP contribution in [0.4, 0.5) is 0 Å². The Morgan fingerprint density at radius 3 is 1.55 bits per heavy atom. The number of benzene rings is 3. The molecule has 0 fully saturated rings. The maximum atomic E-state index is 13.5. The SMILES string of the molecule is Cc1ccc(S(=O)(=O)CC(CS(=O)(=O)c2ccc(C)cc2)C(=O)c2ccc(C(=O)NCCCN)cc2)cc1. The lowest BCUT2D eigenvalue weighted by atomic mass is 9.99. The van der Waals surface area contributed by atoms with Crippen LogP contribution in [0.1, 0.15) is 38.3 Å². The molecule has 10 heteroatoms. The van der Waals surface area contributed by atoms with Crippen LogP contribution >= 0.6 is 0 Å². The number of nitrogens with one attached hydrogen (secondary N) is 1. The lowest BCUT2D eigenvalue weighted by Crippen LogP contribution is -2.31. The summed E-state index contributed by atoms with van der Waals surface area (Å²) in [7, 11) is -7.97. The van der Waals surface area contributed by atoms with Crippen molar-refractivity contribution in [2.75, 3.05) is 24.6 Å². The Morgan fingerprint density at radius 1 is 0.711 bits per heavy atom. The molecule has 0 radical (unpaired) electrons. The zero-order valence-electron chi connectivity index (χ0n) is 21.4. The lowest BCUT2D eigenvalue weighted by Gasteiger charge is -2.17. The fourth-order valence-corrected chi connectivity index (χ4v) is 7.07. The zero-order chi connectivity index (χ0) is 27.9. The summed E-state index contributed by atoms with van der Waals surface area (Å²) in [6, 6.07) is 18.1. The van der Waals surface area contributed by atoms with E-state index in [9.17, 15) is 26.4 Å². The van der Waals surface area contributed by atoms with Gasteiger partial charge in [-0.3, -0.25) is 9.59 Å². The van der Waals surface area contributed by atoms with Crippen molar-refractivity contribution < 1.29 is 26.4 Å². The first-order valence-electron chi connectivity index (χ1n) is 12.1. The van der Waals surface area contributed by atoms with Crippen LogP contribution in [-0.4, -0.2) is 53.1 Å². The number of hydrogen-bond donors (Lipinski definition) is 2. The van der Waals surface area contributed by atoms with Crippen molar-refractivity contribution in [1.29, 1.82) is 0 Å². The fourth-order valence-electron chi connectivity index (χ4n) is 3.84. The molecule has 3 rings (SSSR count). The molecule has 0 aliphatic carbocycles. The molecule has 0 unspecified atom stereocenters. The van der Waals surface area contributed by atoms with Gasteiger partial charge in [0.1, 0.15) is 0 Å². The number of nitrogens with two attached hydrogens (primary N) is 1. The highest BCUT2D eigenvalue weighted by molar-refractivity contribution is 7.92. The van der Waals surface area contributed by atoms with Gasteiger partial charge >= 0.3 is 0 Å². The summed E-state index contributed by atoms with van der Waals surface area (Å²) >= 11 is 0. The first-order chi connectivity index (χ1) is 17.9. The number of Topliss-reactive ketones (excluding diaryl/α,β-unsaturated/α-hetero) is 1. The van der Waals surface area contributed by atoms with E-state index >= 15 is 0 Å². The van der Waals surface area contributed by atoms with Crippen molar-refractivity contribution >= 4 is 31.4 Å². The van der Waals surface area contributed by atoms with Crippen LogP contribution in [0, 0.1) is 19.8 Å². The van der Waals surface area contributed by atoms with Gasteiger partial charge in [0.2, 0.25) is 0 Å². The number of carbonyl (C=O) groups is 2. The van der Waals surface area contributed by atoms with E-state index in [2.05, 4.69) is 5.32 Å². The predicted molar refractivity (Wildman–Crippen MR) is 147 cm³/mol. The van der Waals surface area contributed by atoms with Gasteiger partial charge in [0.05, 0.1) is 27.2 Å². The Morgan fingerprint density at radius 2 is 1.13 bits per heavy atom. The van der Waals surface area contributed by atoms with E-state index in [4.69, 9.17) is 5.73 Å². The third-order valence-electron chi connectivity index (χ3n) is 6.07. The molecule has 0 bridgehead atoms. The summed E-state index contributed by atoms with van der Waals surface area (Å²) in [6.45, 7) is 4.48. The molecule has 3 aromatic rings. The second-order valence-corrected chi connectivity index (χ2v) is 13.3. The van der Waals surface area contributed by atoms with Crippen molar-refractivity contribution in [2.45, 2.75) is 30.1 Å². The van der Waals surface area contributed by atoms with Crippen LogP contribution in [0.3, 0.4) is 0 Å². The lowest BCUT2D eigenvalue weighted by molar-refractivity contribution is 0.0935. The minimum absolute atomic E-state index is 0.0122. The standard InChI is InChI=1S/C28H32N2O6S2/c1-20-4-12-25(13-5-20)37(33,34)18-24(19-38(35,36)26-14-6-21(2)7-15-26)27(31)22-8-10-23(11-9-22)28(32)30-17-3-16-29/h4-15,24H,3,16-19,29H2,1-2H3,(H,30,32). The Hall–Kier alpha value is -3.34. The Bertz CT molecular complexity index is 1400. The van der Waals surface area contributed by atoms with Crippen LogP contribution in [0.25, 0.3) is 0 Å². The molecule has 0 saturated carbocycles. The van der Waals surface area contributed by atoms with E-state index in [-0.39, 0.29) is 21.3 Å². The zero-order valence-corrected chi connectivity index (χ0v) is 23.0. The van der Waals surface area contributed by atoms with Crippen LogP contribution in [0.5, 0.6) is 0 Å². The normalized spacial score (nSPS) is 11.9. The van der Waals surface area contributed by atoms with E-state index in [1.54, 1.807) is 24.3 Å². The number of rotatable bonds is 12. The fraction of sp³-hybridized carbons (Fsp3) is 0.286. The summed E-state index contributed by atoms with van der Waals surface area (Å²) in [5.41, 5.74) is 7.60. The van der Waals surface area contributed by atoms with E-state index in [1.165, 1.54) is 48.5 Å². The third kappa shape index (κ3) is 7.59. The summed E-state index contributed by atoms with van der Waals surface area (Å²) in [6.07, 6.45) is 0.620. The second kappa shape index (κ2) is 12.5. The highest BCUT2D eigenvalue weighted by Gasteiger charge is 2.32. The summed E-state index contributed by atoms with van der Waals surface area (Å²) < 4.78 is 52.9. The van der Waals surface area contributed by atoms with Gasteiger partial charge in [0.25, 0.3) is 5.91 Å². The third-order valence-corrected chi connectivity index (χ3v) is 9.73. The van der Waals surface area contributed by atoms with E-state index in [0.29, 0.717) is 25.1 Å². The molecular weight excluding hydrogens is 524 g/mol. The first kappa shape index (κ1) is 29.2. The Balaban J connectivity index is 1.92. The Kier molecular flexibility index (Phi) is 9.59. The molecule has 0 atom stereocenters. The highest BCUT2D eigenvalue weighted by atomic mass is 32.2. The van der Waals surface area contributed by atoms with Gasteiger partial charge in [0.15, 0.2) is 25.5 Å². The first-order valence-corrected chi connectivity index (χ1v) is 15.4. The molecule has 0 aliphatic heterocycles. The predicted octanol–water partition coefficient (Wildman–Crippen LogP) is 3.13. The molecule has 3 aromatic carbocycles. The highest BCUT2D eigenvalue weighted by Crippen LogP contribution is 2.23. The van der Waals surface area contributed by atoms with Gasteiger partial charge in [0, 0.05) is 17.7 Å². The second-order valence-electron chi connectivity index (χ2n) is 9.23. The number of sulfone groups is 2. The smallest absolute Gasteiger partial charge is 0.251 e. The molecule has 0 heterocycles. The molecule has 38 heavy (non-hydrogen) atoms. The molecule has 0 saturated heterocycles. The van der Waals surface area contributed by atoms with Gasteiger partial charge in [-0.1, -0.05) is 47.5 Å². The summed E-state index contributed by atoms with van der Waals surface area (Å²) in [5, 5.41) is 2.72. The molecule has 8 nitrogen and oxygen atoms in total. The van der Waals surface area contributed by atoms with Crippen LogP contribution in [0.15, 0.2) is 82.6 Å². The average Bonchev–Trinajstić information content (AvgIpc) is 2.88. The number of carbonyl (C=O) groups excluding carboxylic acids is 2. The monoisotopic (exact) mass is 556 g/mol.